The largest absolute Gasteiger partial charge is 0.356 e. The predicted molar refractivity (Wildman–Crippen MR) is 66.7 cm³/mol. The average molecular weight is 236 g/mol. The highest BCUT2D eigenvalue weighted by atomic mass is 32.1. The van der Waals surface area contributed by atoms with E-state index in [-0.39, 0.29) is 0 Å². The summed E-state index contributed by atoms with van der Waals surface area (Å²) in [6.45, 7) is 6.03. The zero-order valence-corrected chi connectivity index (χ0v) is 10.4. The Bertz CT molecular complexity index is 446. The topological polar surface area (TPSA) is 42.7 Å². The van der Waals surface area contributed by atoms with Crippen LogP contribution in [-0.2, 0) is 13.1 Å². The van der Waals surface area contributed by atoms with Gasteiger partial charge in [-0.2, -0.15) is 0 Å². The lowest BCUT2D eigenvalue weighted by atomic mass is 10.3. The van der Waals surface area contributed by atoms with Crippen LogP contribution in [0, 0.1) is 6.92 Å². The van der Waals surface area contributed by atoms with Gasteiger partial charge in [0.2, 0.25) is 5.13 Å². The van der Waals surface area contributed by atoms with Crippen LogP contribution in [0.1, 0.15) is 23.9 Å². The Hall–Kier alpha value is -1.36. The molecular formula is C11H16N4S. The van der Waals surface area contributed by atoms with Gasteiger partial charge in [0.1, 0.15) is 5.01 Å². The van der Waals surface area contributed by atoms with E-state index in [4.69, 9.17) is 0 Å². The standard InChI is InChI=1S/C11H16N4S/c1-3-5-15-6-4-10(8-15)7-12-11-14-13-9(2)16-11/h4,6,8H,3,5,7H2,1-2H3,(H,12,14). The Kier molecular flexibility index (Phi) is 3.56. The van der Waals surface area contributed by atoms with Gasteiger partial charge >= 0.3 is 0 Å². The predicted octanol–water partition coefficient (Wildman–Crippen LogP) is 2.67. The molecule has 0 aliphatic carbocycles. The van der Waals surface area contributed by atoms with Crippen molar-refractivity contribution in [3.8, 4) is 0 Å². The van der Waals surface area contributed by atoms with E-state index in [9.17, 15) is 0 Å². The summed E-state index contributed by atoms with van der Waals surface area (Å²) < 4.78 is 2.21. The third-order valence-corrected chi connectivity index (χ3v) is 3.06. The summed E-state index contributed by atoms with van der Waals surface area (Å²) in [6, 6.07) is 2.14. The van der Waals surface area contributed by atoms with Gasteiger partial charge in [0.05, 0.1) is 0 Å². The maximum Gasteiger partial charge on any atom is 0.205 e. The van der Waals surface area contributed by atoms with Crippen LogP contribution in [0.4, 0.5) is 5.13 Å². The van der Waals surface area contributed by atoms with E-state index in [2.05, 4.69) is 45.5 Å². The van der Waals surface area contributed by atoms with Crippen molar-refractivity contribution >= 4 is 16.5 Å². The second kappa shape index (κ2) is 5.12. The highest BCUT2D eigenvalue weighted by Gasteiger charge is 2.00. The Morgan fingerprint density at radius 2 is 2.31 bits per heavy atom. The molecule has 0 radical (unpaired) electrons. The molecule has 0 aliphatic heterocycles. The molecule has 0 atom stereocenters. The van der Waals surface area contributed by atoms with Gasteiger partial charge in [-0.15, -0.1) is 10.2 Å². The SMILES string of the molecule is CCCn1ccc(CNc2nnc(C)s2)c1. The summed E-state index contributed by atoms with van der Waals surface area (Å²) in [5.41, 5.74) is 1.28. The van der Waals surface area contributed by atoms with E-state index in [1.54, 1.807) is 11.3 Å². The first-order valence-electron chi connectivity index (χ1n) is 5.46. The van der Waals surface area contributed by atoms with Crippen LogP contribution >= 0.6 is 11.3 Å². The molecule has 2 aromatic rings. The fraction of sp³-hybridized carbons (Fsp3) is 0.455. The van der Waals surface area contributed by atoms with Gasteiger partial charge < -0.3 is 9.88 Å². The molecule has 0 bridgehead atoms. The van der Waals surface area contributed by atoms with Gasteiger partial charge in [-0.3, -0.25) is 0 Å². The first kappa shape index (κ1) is 11.1. The summed E-state index contributed by atoms with van der Waals surface area (Å²) in [5.74, 6) is 0. The third-order valence-electron chi connectivity index (χ3n) is 2.26. The van der Waals surface area contributed by atoms with Crippen molar-refractivity contribution in [3.63, 3.8) is 0 Å². The van der Waals surface area contributed by atoms with Gasteiger partial charge in [-0.25, -0.2) is 0 Å². The summed E-state index contributed by atoms with van der Waals surface area (Å²) in [7, 11) is 0. The molecule has 16 heavy (non-hydrogen) atoms. The molecule has 2 heterocycles. The van der Waals surface area contributed by atoms with E-state index in [0.717, 1.165) is 29.6 Å². The van der Waals surface area contributed by atoms with Gasteiger partial charge in [-0.05, 0) is 25.0 Å². The molecule has 2 rings (SSSR count). The molecule has 1 N–H and O–H groups in total. The first-order chi connectivity index (χ1) is 7.78. The lowest BCUT2D eigenvalue weighted by molar-refractivity contribution is 0.681. The lowest BCUT2D eigenvalue weighted by Gasteiger charge is -1.99. The van der Waals surface area contributed by atoms with Crippen LogP contribution in [0.15, 0.2) is 18.5 Å². The van der Waals surface area contributed by atoms with Crippen LogP contribution in [0.5, 0.6) is 0 Å². The molecule has 2 aromatic heterocycles. The van der Waals surface area contributed by atoms with Crippen molar-refractivity contribution in [2.75, 3.05) is 5.32 Å². The van der Waals surface area contributed by atoms with E-state index >= 15 is 0 Å². The van der Waals surface area contributed by atoms with Crippen molar-refractivity contribution in [1.29, 1.82) is 0 Å². The van der Waals surface area contributed by atoms with Gasteiger partial charge in [0.15, 0.2) is 0 Å². The number of rotatable bonds is 5. The second-order valence-electron chi connectivity index (χ2n) is 3.74. The van der Waals surface area contributed by atoms with Crippen LogP contribution in [0.25, 0.3) is 0 Å². The van der Waals surface area contributed by atoms with Crippen molar-refractivity contribution < 1.29 is 0 Å². The van der Waals surface area contributed by atoms with Crippen molar-refractivity contribution in [2.45, 2.75) is 33.4 Å². The first-order valence-corrected chi connectivity index (χ1v) is 6.28. The van der Waals surface area contributed by atoms with Gasteiger partial charge in [0, 0.05) is 25.5 Å². The van der Waals surface area contributed by atoms with Crippen LogP contribution in [-0.4, -0.2) is 14.8 Å². The highest BCUT2D eigenvalue weighted by molar-refractivity contribution is 7.15. The number of nitrogens with zero attached hydrogens (tertiary/aromatic N) is 3. The van der Waals surface area contributed by atoms with Crippen molar-refractivity contribution in [3.05, 3.63) is 29.0 Å². The molecule has 0 aromatic carbocycles. The smallest absolute Gasteiger partial charge is 0.205 e. The summed E-state index contributed by atoms with van der Waals surface area (Å²) >= 11 is 1.58. The zero-order valence-electron chi connectivity index (χ0n) is 9.60. The number of anilines is 1. The zero-order chi connectivity index (χ0) is 11.4. The summed E-state index contributed by atoms with van der Waals surface area (Å²) in [5, 5.41) is 13.1. The van der Waals surface area contributed by atoms with E-state index in [0.29, 0.717) is 0 Å². The van der Waals surface area contributed by atoms with Crippen LogP contribution in [0.2, 0.25) is 0 Å². The molecule has 0 fully saturated rings. The van der Waals surface area contributed by atoms with Gasteiger partial charge in [-0.1, -0.05) is 18.3 Å². The Morgan fingerprint density at radius 3 is 3.00 bits per heavy atom. The third kappa shape index (κ3) is 2.82. The number of hydrogen-bond donors (Lipinski definition) is 1. The summed E-state index contributed by atoms with van der Waals surface area (Å²) in [6.07, 6.45) is 5.45. The van der Waals surface area contributed by atoms with E-state index < -0.39 is 0 Å². The maximum atomic E-state index is 4.02. The molecule has 0 saturated heterocycles. The van der Waals surface area contributed by atoms with Crippen molar-refractivity contribution in [2.24, 2.45) is 0 Å². The second-order valence-corrected chi connectivity index (χ2v) is 4.92. The minimum Gasteiger partial charge on any atom is -0.356 e. The monoisotopic (exact) mass is 236 g/mol. The van der Waals surface area contributed by atoms with E-state index in [1.165, 1.54) is 5.56 Å². The minimum atomic E-state index is 0.811. The van der Waals surface area contributed by atoms with Crippen molar-refractivity contribution in [1.82, 2.24) is 14.8 Å². The summed E-state index contributed by atoms with van der Waals surface area (Å²) in [4.78, 5) is 0. The van der Waals surface area contributed by atoms with Gasteiger partial charge in [0.25, 0.3) is 0 Å². The molecule has 0 spiro atoms. The average Bonchev–Trinajstić information content (AvgIpc) is 2.85. The highest BCUT2D eigenvalue weighted by Crippen LogP contribution is 2.14. The number of aryl methyl sites for hydroxylation is 2. The number of hydrogen-bond acceptors (Lipinski definition) is 4. The quantitative estimate of drug-likeness (QED) is 0.868. The Morgan fingerprint density at radius 1 is 1.44 bits per heavy atom. The van der Waals surface area contributed by atoms with E-state index in [1.807, 2.05) is 6.92 Å². The Balaban J connectivity index is 1.89. The molecule has 0 unspecified atom stereocenters. The fourth-order valence-electron chi connectivity index (χ4n) is 1.54. The Labute approximate surface area is 99.3 Å². The molecule has 5 heteroatoms. The minimum absolute atomic E-state index is 0.811. The molecule has 0 aliphatic rings. The van der Waals surface area contributed by atoms with Crippen LogP contribution in [0.3, 0.4) is 0 Å². The maximum absolute atomic E-state index is 4.02. The fourth-order valence-corrected chi connectivity index (χ4v) is 2.13. The lowest BCUT2D eigenvalue weighted by Crippen LogP contribution is -1.98. The molecule has 0 amide bonds. The number of aromatic nitrogens is 3. The normalized spacial score (nSPS) is 10.6. The molecular weight excluding hydrogens is 220 g/mol. The molecule has 4 nitrogen and oxygen atoms in total. The molecule has 86 valence electrons. The van der Waals surface area contributed by atoms with Crippen LogP contribution < -0.4 is 5.32 Å². The molecule has 0 saturated carbocycles. The number of nitrogens with one attached hydrogen (secondary N) is 1.